The molecule has 3 nitrogen and oxygen atoms in total. The zero-order valence-corrected chi connectivity index (χ0v) is 14.0. The summed E-state index contributed by atoms with van der Waals surface area (Å²) < 4.78 is 0. The maximum atomic E-state index is 4.75. The van der Waals surface area contributed by atoms with Gasteiger partial charge in [0, 0.05) is 25.5 Å². The van der Waals surface area contributed by atoms with Gasteiger partial charge in [0.25, 0.3) is 0 Å². The summed E-state index contributed by atoms with van der Waals surface area (Å²) in [4.78, 5) is 7.11. The Morgan fingerprint density at radius 3 is 2.80 bits per heavy atom. The molecule has 1 aromatic heterocycles. The van der Waals surface area contributed by atoms with Crippen molar-refractivity contribution in [3.8, 4) is 0 Å². The molecular formula is C16H29N3S. The predicted molar refractivity (Wildman–Crippen MR) is 88.5 cm³/mol. The monoisotopic (exact) mass is 295 g/mol. The molecule has 114 valence electrons. The number of rotatable bonds is 7. The fraction of sp³-hybridized carbons (Fsp3) is 0.812. The van der Waals surface area contributed by atoms with Gasteiger partial charge in [0.1, 0.15) is 0 Å². The molecule has 0 aromatic carbocycles. The number of hydrogen-bond donors (Lipinski definition) is 1. The van der Waals surface area contributed by atoms with Gasteiger partial charge in [-0.3, -0.25) is 0 Å². The number of thiazole rings is 1. The van der Waals surface area contributed by atoms with Crippen molar-refractivity contribution >= 4 is 16.5 Å². The Morgan fingerprint density at radius 1 is 1.35 bits per heavy atom. The van der Waals surface area contributed by atoms with Crippen molar-refractivity contribution in [2.45, 2.75) is 52.5 Å². The van der Waals surface area contributed by atoms with Crippen LogP contribution in [0.1, 0.15) is 51.6 Å². The predicted octanol–water partition coefficient (Wildman–Crippen LogP) is 3.91. The van der Waals surface area contributed by atoms with E-state index < -0.39 is 0 Å². The fourth-order valence-corrected chi connectivity index (χ4v) is 3.68. The van der Waals surface area contributed by atoms with Gasteiger partial charge in [0.15, 0.2) is 5.13 Å². The molecule has 0 spiro atoms. The molecule has 4 heteroatoms. The first-order chi connectivity index (χ1) is 9.65. The van der Waals surface area contributed by atoms with Gasteiger partial charge in [-0.1, -0.05) is 33.1 Å². The van der Waals surface area contributed by atoms with Crippen LogP contribution in [0.2, 0.25) is 0 Å². The van der Waals surface area contributed by atoms with Gasteiger partial charge in [-0.05, 0) is 31.2 Å². The Hall–Kier alpha value is -0.610. The summed E-state index contributed by atoms with van der Waals surface area (Å²) in [6, 6.07) is 0. The van der Waals surface area contributed by atoms with Crippen LogP contribution in [-0.2, 0) is 6.54 Å². The van der Waals surface area contributed by atoms with Crippen molar-refractivity contribution in [2.75, 3.05) is 25.0 Å². The van der Waals surface area contributed by atoms with Crippen LogP contribution in [0.15, 0.2) is 5.38 Å². The molecule has 0 aliphatic heterocycles. The Labute approximate surface area is 127 Å². The van der Waals surface area contributed by atoms with Crippen LogP contribution in [0.4, 0.5) is 5.13 Å². The first-order valence-corrected chi connectivity index (χ1v) is 8.89. The van der Waals surface area contributed by atoms with Gasteiger partial charge in [-0.25, -0.2) is 4.98 Å². The number of nitrogens with one attached hydrogen (secondary N) is 1. The van der Waals surface area contributed by atoms with Gasteiger partial charge in [-0.15, -0.1) is 11.3 Å². The van der Waals surface area contributed by atoms with Crippen LogP contribution >= 0.6 is 11.3 Å². The minimum atomic E-state index is 0.696. The average molecular weight is 295 g/mol. The molecule has 20 heavy (non-hydrogen) atoms. The Morgan fingerprint density at radius 2 is 2.10 bits per heavy atom. The first-order valence-electron chi connectivity index (χ1n) is 8.01. The normalized spacial score (nSPS) is 16.8. The summed E-state index contributed by atoms with van der Waals surface area (Å²) in [7, 11) is 2.19. The molecule has 2 rings (SSSR count). The molecule has 0 saturated heterocycles. The minimum absolute atomic E-state index is 0.696. The highest BCUT2D eigenvalue weighted by Crippen LogP contribution is 2.27. The standard InChI is InChI=1S/C16H29N3S/c1-13(2)9-17-10-15-12-20-16(18-15)19(3)11-14-7-5-4-6-8-14/h12-14,17H,4-11H2,1-3H3. The molecule has 1 N–H and O–H groups in total. The second-order valence-electron chi connectivity index (χ2n) is 6.53. The SMILES string of the molecule is CC(C)CNCc1csc(N(C)CC2CCCCC2)n1. The van der Waals surface area contributed by atoms with Gasteiger partial charge >= 0.3 is 0 Å². The average Bonchev–Trinajstić information content (AvgIpc) is 2.88. The van der Waals surface area contributed by atoms with Crippen LogP contribution < -0.4 is 10.2 Å². The topological polar surface area (TPSA) is 28.2 Å². The molecule has 0 atom stereocenters. The Balaban J connectivity index is 1.78. The van der Waals surface area contributed by atoms with Crippen molar-refractivity contribution < 1.29 is 0 Å². The third-order valence-electron chi connectivity index (χ3n) is 3.98. The van der Waals surface area contributed by atoms with E-state index in [0.717, 1.165) is 19.0 Å². The molecule has 1 aliphatic rings. The van der Waals surface area contributed by atoms with Crippen LogP contribution in [-0.4, -0.2) is 25.1 Å². The first kappa shape index (κ1) is 15.8. The zero-order chi connectivity index (χ0) is 14.4. The summed E-state index contributed by atoms with van der Waals surface area (Å²) in [5.41, 5.74) is 1.18. The molecule has 1 fully saturated rings. The maximum Gasteiger partial charge on any atom is 0.185 e. The fourth-order valence-electron chi connectivity index (χ4n) is 2.88. The summed E-state index contributed by atoms with van der Waals surface area (Å²) in [6.07, 6.45) is 7.07. The lowest BCUT2D eigenvalue weighted by Gasteiger charge is -2.26. The highest BCUT2D eigenvalue weighted by Gasteiger charge is 2.17. The molecule has 1 aliphatic carbocycles. The van der Waals surface area contributed by atoms with Crippen molar-refractivity contribution in [1.29, 1.82) is 0 Å². The van der Waals surface area contributed by atoms with Crippen LogP contribution in [0.5, 0.6) is 0 Å². The van der Waals surface area contributed by atoms with E-state index in [2.05, 4.69) is 36.5 Å². The molecule has 1 heterocycles. The third kappa shape index (κ3) is 5.06. The second-order valence-corrected chi connectivity index (χ2v) is 7.37. The van der Waals surface area contributed by atoms with E-state index in [4.69, 9.17) is 4.98 Å². The van der Waals surface area contributed by atoms with Crippen molar-refractivity contribution in [3.63, 3.8) is 0 Å². The van der Waals surface area contributed by atoms with Gasteiger partial charge < -0.3 is 10.2 Å². The quantitative estimate of drug-likeness (QED) is 0.827. The molecular weight excluding hydrogens is 266 g/mol. The lowest BCUT2D eigenvalue weighted by molar-refractivity contribution is 0.362. The van der Waals surface area contributed by atoms with E-state index >= 15 is 0 Å². The molecule has 0 amide bonds. The number of hydrogen-bond acceptors (Lipinski definition) is 4. The van der Waals surface area contributed by atoms with Crippen molar-refractivity contribution in [1.82, 2.24) is 10.3 Å². The smallest absolute Gasteiger partial charge is 0.185 e. The second kappa shape index (κ2) is 7.99. The zero-order valence-electron chi connectivity index (χ0n) is 13.2. The minimum Gasteiger partial charge on any atom is -0.351 e. The highest BCUT2D eigenvalue weighted by molar-refractivity contribution is 7.13. The molecule has 0 bridgehead atoms. The van der Waals surface area contributed by atoms with Crippen LogP contribution in [0.25, 0.3) is 0 Å². The lowest BCUT2D eigenvalue weighted by Crippen LogP contribution is -2.26. The molecule has 0 unspecified atom stereocenters. The van der Waals surface area contributed by atoms with E-state index in [-0.39, 0.29) is 0 Å². The van der Waals surface area contributed by atoms with Gasteiger partial charge in [-0.2, -0.15) is 0 Å². The van der Waals surface area contributed by atoms with E-state index in [1.54, 1.807) is 11.3 Å². The number of anilines is 1. The third-order valence-corrected chi connectivity index (χ3v) is 4.99. The van der Waals surface area contributed by atoms with Crippen LogP contribution in [0, 0.1) is 11.8 Å². The van der Waals surface area contributed by atoms with E-state index in [9.17, 15) is 0 Å². The van der Waals surface area contributed by atoms with Crippen LogP contribution in [0.3, 0.4) is 0 Å². The van der Waals surface area contributed by atoms with E-state index in [1.807, 2.05) is 0 Å². The summed E-state index contributed by atoms with van der Waals surface area (Å²) >= 11 is 1.78. The number of nitrogens with zero attached hydrogens (tertiary/aromatic N) is 2. The Bertz CT molecular complexity index is 383. The largest absolute Gasteiger partial charge is 0.351 e. The van der Waals surface area contributed by atoms with E-state index in [1.165, 1.54) is 49.5 Å². The van der Waals surface area contributed by atoms with Gasteiger partial charge in [0.2, 0.25) is 0 Å². The molecule has 1 aromatic rings. The maximum absolute atomic E-state index is 4.75. The van der Waals surface area contributed by atoms with Crippen molar-refractivity contribution in [2.24, 2.45) is 11.8 Å². The van der Waals surface area contributed by atoms with Crippen molar-refractivity contribution in [3.05, 3.63) is 11.1 Å². The van der Waals surface area contributed by atoms with Gasteiger partial charge in [0.05, 0.1) is 5.69 Å². The lowest BCUT2D eigenvalue weighted by atomic mass is 9.89. The summed E-state index contributed by atoms with van der Waals surface area (Å²) in [6.45, 7) is 7.60. The molecule has 1 saturated carbocycles. The summed E-state index contributed by atoms with van der Waals surface area (Å²) in [5.74, 6) is 1.57. The Kier molecular flexibility index (Phi) is 6.30. The highest BCUT2D eigenvalue weighted by atomic mass is 32.1. The number of aromatic nitrogens is 1. The molecule has 0 radical (unpaired) electrons. The summed E-state index contributed by atoms with van der Waals surface area (Å²) in [5, 5.41) is 6.83. The van der Waals surface area contributed by atoms with E-state index in [0.29, 0.717) is 5.92 Å².